The number of nitrogens with zero attached hydrogens (tertiary/aromatic N) is 2. The van der Waals surface area contributed by atoms with Crippen LogP contribution in [0.1, 0.15) is 10.5 Å². The maximum atomic E-state index is 12.7. The Morgan fingerprint density at radius 2 is 1.71 bits per heavy atom. The topological polar surface area (TPSA) is 131 Å². The standard InChI is InChI=1S/C20H23N5O5S/c1-30-20(27)19-14-7-3-6-10-17(14)25(24-19)13-18(26)23-16-9-5-4-8-15(16)21-11-12-22-31(2,28)29/h3-10,21-22H,11-13H2,1-2H3,(H,23,26). The van der Waals surface area contributed by atoms with Crippen molar-refractivity contribution >= 4 is 44.2 Å². The molecule has 0 aliphatic carbocycles. The molecule has 11 heteroatoms. The number of anilines is 2. The van der Waals surface area contributed by atoms with Gasteiger partial charge >= 0.3 is 5.97 Å². The Kier molecular flexibility index (Phi) is 6.88. The van der Waals surface area contributed by atoms with Crippen LogP contribution in [0.4, 0.5) is 11.4 Å². The number of carbonyl (C=O) groups excluding carboxylic acids is 2. The minimum Gasteiger partial charge on any atom is -0.464 e. The number of esters is 1. The van der Waals surface area contributed by atoms with Crippen LogP contribution >= 0.6 is 0 Å². The van der Waals surface area contributed by atoms with Crippen molar-refractivity contribution in [2.45, 2.75) is 6.54 Å². The number of carbonyl (C=O) groups is 2. The second-order valence-corrected chi connectivity index (χ2v) is 8.54. The van der Waals surface area contributed by atoms with Crippen molar-refractivity contribution in [1.82, 2.24) is 14.5 Å². The minimum absolute atomic E-state index is 0.110. The smallest absolute Gasteiger partial charge is 0.359 e. The SMILES string of the molecule is COC(=O)c1nn(CC(=O)Nc2ccccc2NCCNS(C)(=O)=O)c2ccccc12. The number of amides is 1. The van der Waals surface area contributed by atoms with Crippen LogP contribution in [0.2, 0.25) is 0 Å². The zero-order chi connectivity index (χ0) is 22.4. The van der Waals surface area contributed by atoms with Gasteiger partial charge in [-0.3, -0.25) is 9.48 Å². The first-order valence-corrected chi connectivity index (χ1v) is 11.3. The van der Waals surface area contributed by atoms with Crippen molar-refractivity contribution in [3.63, 3.8) is 0 Å². The Morgan fingerprint density at radius 1 is 1.03 bits per heavy atom. The number of rotatable bonds is 9. The molecule has 0 bridgehead atoms. The van der Waals surface area contributed by atoms with E-state index in [4.69, 9.17) is 4.74 Å². The molecule has 1 amide bonds. The summed E-state index contributed by atoms with van der Waals surface area (Å²) in [6.45, 7) is 0.435. The van der Waals surface area contributed by atoms with E-state index in [9.17, 15) is 18.0 Å². The van der Waals surface area contributed by atoms with E-state index in [2.05, 4.69) is 20.5 Å². The van der Waals surface area contributed by atoms with Gasteiger partial charge in [0.25, 0.3) is 0 Å². The molecule has 0 aliphatic rings. The number of hydrogen-bond acceptors (Lipinski definition) is 7. The number of aromatic nitrogens is 2. The Morgan fingerprint density at radius 3 is 2.42 bits per heavy atom. The predicted octanol–water partition coefficient (Wildman–Crippen LogP) is 1.42. The first-order chi connectivity index (χ1) is 14.8. The minimum atomic E-state index is -3.27. The third-order valence-electron chi connectivity index (χ3n) is 4.34. The van der Waals surface area contributed by atoms with Crippen LogP contribution in [0.5, 0.6) is 0 Å². The maximum Gasteiger partial charge on any atom is 0.359 e. The molecular weight excluding hydrogens is 422 g/mol. The summed E-state index contributed by atoms with van der Waals surface area (Å²) in [7, 11) is -1.99. The number of sulfonamides is 1. The second-order valence-electron chi connectivity index (χ2n) is 6.70. The summed E-state index contributed by atoms with van der Waals surface area (Å²) >= 11 is 0. The average molecular weight is 446 g/mol. The second kappa shape index (κ2) is 9.58. The van der Waals surface area contributed by atoms with E-state index in [1.165, 1.54) is 11.8 Å². The molecule has 3 rings (SSSR count). The molecule has 0 fully saturated rings. The van der Waals surface area contributed by atoms with E-state index in [-0.39, 0.29) is 24.7 Å². The van der Waals surface area contributed by atoms with Gasteiger partial charge in [0, 0.05) is 18.5 Å². The lowest BCUT2D eigenvalue weighted by Crippen LogP contribution is -2.28. The molecule has 0 aliphatic heterocycles. The molecule has 0 saturated carbocycles. The fourth-order valence-electron chi connectivity index (χ4n) is 3.00. The lowest BCUT2D eigenvalue weighted by Gasteiger charge is -2.13. The maximum absolute atomic E-state index is 12.7. The van der Waals surface area contributed by atoms with Crippen LogP contribution in [0.25, 0.3) is 10.9 Å². The lowest BCUT2D eigenvalue weighted by molar-refractivity contribution is -0.116. The molecule has 3 N–H and O–H groups in total. The zero-order valence-electron chi connectivity index (χ0n) is 17.1. The molecule has 0 atom stereocenters. The quantitative estimate of drug-likeness (QED) is 0.335. The molecule has 0 saturated heterocycles. The van der Waals surface area contributed by atoms with E-state index in [1.807, 2.05) is 0 Å². The van der Waals surface area contributed by atoms with E-state index in [0.717, 1.165) is 6.26 Å². The summed E-state index contributed by atoms with van der Waals surface area (Å²) in [5.74, 6) is -0.916. The highest BCUT2D eigenvalue weighted by Crippen LogP contribution is 2.22. The van der Waals surface area contributed by atoms with Gasteiger partial charge < -0.3 is 15.4 Å². The zero-order valence-corrected chi connectivity index (χ0v) is 17.9. The Labute approximate surface area is 179 Å². The third-order valence-corrected chi connectivity index (χ3v) is 5.06. The number of para-hydroxylation sites is 3. The number of ether oxygens (including phenoxy) is 1. The normalized spacial score (nSPS) is 11.3. The molecular formula is C20H23N5O5S. The van der Waals surface area contributed by atoms with Crippen molar-refractivity contribution in [3.8, 4) is 0 Å². The highest BCUT2D eigenvalue weighted by atomic mass is 32.2. The number of fused-ring (bicyclic) bond motifs is 1. The largest absolute Gasteiger partial charge is 0.464 e. The summed E-state index contributed by atoms with van der Waals surface area (Å²) in [6, 6.07) is 14.2. The van der Waals surface area contributed by atoms with Crippen LogP contribution in [0.3, 0.4) is 0 Å². The van der Waals surface area contributed by atoms with Gasteiger partial charge in [-0.2, -0.15) is 5.10 Å². The molecule has 1 heterocycles. The van der Waals surface area contributed by atoms with Gasteiger partial charge in [0.1, 0.15) is 6.54 Å². The molecule has 0 radical (unpaired) electrons. The summed E-state index contributed by atoms with van der Waals surface area (Å²) in [4.78, 5) is 24.7. The number of benzene rings is 2. The van der Waals surface area contributed by atoms with Gasteiger partial charge in [-0.1, -0.05) is 30.3 Å². The molecule has 10 nitrogen and oxygen atoms in total. The highest BCUT2D eigenvalue weighted by Gasteiger charge is 2.19. The Hall–Kier alpha value is -3.44. The molecule has 2 aromatic carbocycles. The van der Waals surface area contributed by atoms with E-state index in [1.54, 1.807) is 48.5 Å². The fourth-order valence-corrected chi connectivity index (χ4v) is 3.47. The summed E-state index contributed by atoms with van der Waals surface area (Å²) in [5, 5.41) is 10.8. The van der Waals surface area contributed by atoms with Crippen molar-refractivity contribution in [2.24, 2.45) is 0 Å². The monoisotopic (exact) mass is 445 g/mol. The van der Waals surface area contributed by atoms with Crippen LogP contribution < -0.4 is 15.4 Å². The van der Waals surface area contributed by atoms with Crippen molar-refractivity contribution in [3.05, 3.63) is 54.2 Å². The summed E-state index contributed by atoms with van der Waals surface area (Å²) in [5.41, 5.74) is 1.96. The Bertz CT molecular complexity index is 1210. The van der Waals surface area contributed by atoms with Gasteiger partial charge in [0.2, 0.25) is 15.9 Å². The van der Waals surface area contributed by atoms with E-state index >= 15 is 0 Å². The van der Waals surface area contributed by atoms with E-state index < -0.39 is 16.0 Å². The molecule has 1 aromatic heterocycles. The van der Waals surface area contributed by atoms with Gasteiger partial charge in [0.15, 0.2) is 5.69 Å². The first-order valence-electron chi connectivity index (χ1n) is 9.40. The molecule has 164 valence electrons. The molecule has 0 spiro atoms. The van der Waals surface area contributed by atoms with Gasteiger partial charge in [-0.15, -0.1) is 0 Å². The third kappa shape index (κ3) is 5.80. The van der Waals surface area contributed by atoms with E-state index in [0.29, 0.717) is 28.8 Å². The first kappa shape index (κ1) is 22.2. The Balaban J connectivity index is 1.71. The number of hydrogen-bond donors (Lipinski definition) is 3. The fraction of sp³-hybridized carbons (Fsp3) is 0.250. The summed E-state index contributed by atoms with van der Waals surface area (Å²) in [6.07, 6.45) is 1.09. The predicted molar refractivity (Wildman–Crippen MR) is 117 cm³/mol. The van der Waals surface area contributed by atoms with Crippen molar-refractivity contribution in [1.29, 1.82) is 0 Å². The van der Waals surface area contributed by atoms with Crippen molar-refractivity contribution in [2.75, 3.05) is 37.1 Å². The van der Waals surface area contributed by atoms with Crippen LogP contribution in [0.15, 0.2) is 48.5 Å². The molecule has 3 aromatic rings. The highest BCUT2D eigenvalue weighted by molar-refractivity contribution is 7.88. The number of nitrogens with one attached hydrogen (secondary N) is 3. The van der Waals surface area contributed by atoms with Crippen molar-refractivity contribution < 1.29 is 22.7 Å². The lowest BCUT2D eigenvalue weighted by atomic mass is 10.2. The van der Waals surface area contributed by atoms with Gasteiger partial charge in [0.05, 0.1) is 30.3 Å². The van der Waals surface area contributed by atoms with Crippen LogP contribution in [-0.4, -0.2) is 56.5 Å². The summed E-state index contributed by atoms with van der Waals surface area (Å²) < 4.78 is 30.9. The van der Waals surface area contributed by atoms with Crippen LogP contribution in [0, 0.1) is 0 Å². The van der Waals surface area contributed by atoms with Gasteiger partial charge in [-0.05, 0) is 18.2 Å². The molecule has 31 heavy (non-hydrogen) atoms. The molecule has 0 unspecified atom stereocenters. The average Bonchev–Trinajstić information content (AvgIpc) is 3.09. The van der Waals surface area contributed by atoms with Gasteiger partial charge in [-0.25, -0.2) is 17.9 Å². The van der Waals surface area contributed by atoms with Crippen LogP contribution in [-0.2, 0) is 26.1 Å². The number of methoxy groups -OCH3 is 1.